The van der Waals surface area contributed by atoms with E-state index in [2.05, 4.69) is 261 Å². The van der Waals surface area contributed by atoms with Crippen LogP contribution >= 0.6 is 12.6 Å². The van der Waals surface area contributed by atoms with Gasteiger partial charge in [-0.3, -0.25) is 0 Å². The van der Waals surface area contributed by atoms with Gasteiger partial charge in [0, 0.05) is 11.3 Å². The highest BCUT2D eigenvalue weighted by molar-refractivity contribution is 7.84. The molecule has 2 unspecified atom stereocenters. The third kappa shape index (κ3) is 8.35. The molecule has 0 saturated heterocycles. The van der Waals surface area contributed by atoms with Crippen LogP contribution in [-0.2, 0) is 11.8 Å². The summed E-state index contributed by atoms with van der Waals surface area (Å²) in [6.07, 6.45) is 24.7. The largest absolute Gasteiger partial charge is 0.147 e. The van der Waals surface area contributed by atoms with Crippen LogP contribution in [0, 0.1) is 5.92 Å². The predicted octanol–water partition coefficient (Wildman–Crippen LogP) is 18.3. The molecule has 0 aromatic heterocycles. The fraction of sp³-hybridized carbons (Fsp3) is 0.101. The van der Waals surface area contributed by atoms with E-state index in [1.54, 1.807) is 0 Å². The number of fused-ring (bicyclic) bond motifs is 3. The minimum atomic E-state index is -0.0172. The second-order valence-electron chi connectivity index (χ2n) is 19.2. The van der Waals surface area contributed by atoms with Crippen LogP contribution in [-0.4, -0.2) is 0 Å². The Bertz CT molecular complexity index is 3530. The van der Waals surface area contributed by atoms with E-state index in [-0.39, 0.29) is 11.3 Å². The van der Waals surface area contributed by atoms with Crippen LogP contribution in [0.1, 0.15) is 69.7 Å². The van der Waals surface area contributed by atoms with E-state index in [0.29, 0.717) is 5.92 Å². The van der Waals surface area contributed by atoms with E-state index in [9.17, 15) is 0 Å². The van der Waals surface area contributed by atoms with E-state index in [1.807, 2.05) is 0 Å². The third-order valence-corrected chi connectivity index (χ3v) is 15.5. The van der Waals surface area contributed by atoms with Crippen molar-refractivity contribution in [2.45, 2.75) is 37.0 Å². The van der Waals surface area contributed by atoms with Gasteiger partial charge in [-0.2, -0.15) is 0 Å². The van der Waals surface area contributed by atoms with Crippen LogP contribution in [0.25, 0.3) is 67.6 Å². The molecule has 9 aromatic carbocycles. The van der Waals surface area contributed by atoms with E-state index >= 15 is 0 Å². The molecular weight excluding hydrogens is 861 g/mol. The monoisotopic (exact) mass is 914 g/mol. The molecule has 0 aliphatic heterocycles. The Morgan fingerprint density at radius 2 is 1.17 bits per heavy atom. The van der Waals surface area contributed by atoms with Crippen molar-refractivity contribution < 1.29 is 0 Å². The third-order valence-electron chi connectivity index (χ3n) is 15.0. The van der Waals surface area contributed by atoms with Gasteiger partial charge in [0.05, 0.1) is 0 Å². The van der Waals surface area contributed by atoms with Gasteiger partial charge >= 0.3 is 0 Å². The zero-order valence-corrected chi connectivity index (χ0v) is 40.2. The van der Waals surface area contributed by atoms with Crippen molar-refractivity contribution in [1.82, 2.24) is 0 Å². The zero-order chi connectivity index (χ0) is 46.9. The standard InChI is InChI=1S/C69H54S/c70-66(31-17-18-48-32-35-50-19-13-14-24-56(50)44-48)57-42-43-62-64(46-57)68(54-36-33-49(34-37-54)45-63(51-20-5-1-6-21-51)52-22-7-2-8-23-52)61-30-16-15-29-60(61)67(62)55-40-38-53(39-41-55)65-47-69(65,58-25-9-3-10-26-58)59-27-11-4-12-28-59/h1,3-7,9-45,57,65,70H,2,8,46-47H2/b18-17+,63-45-,66-31-. The molecule has 1 saturated carbocycles. The molecule has 12 rings (SSSR count). The van der Waals surface area contributed by atoms with Crippen LogP contribution in [0.15, 0.2) is 253 Å². The first-order chi connectivity index (χ1) is 34.6. The molecule has 0 N–H and O–H groups in total. The molecule has 1 heteroatoms. The van der Waals surface area contributed by atoms with Crippen LogP contribution in [0.2, 0.25) is 0 Å². The minimum Gasteiger partial charge on any atom is -0.147 e. The van der Waals surface area contributed by atoms with Crippen molar-refractivity contribution in [2.24, 2.45) is 5.92 Å². The average Bonchev–Trinajstić information content (AvgIpc) is 4.20. The van der Waals surface area contributed by atoms with Gasteiger partial charge in [-0.15, -0.1) is 12.6 Å². The Kier molecular flexibility index (Phi) is 11.8. The average molecular weight is 915 g/mol. The lowest BCUT2D eigenvalue weighted by atomic mass is 9.77. The van der Waals surface area contributed by atoms with Crippen molar-refractivity contribution in [3.63, 3.8) is 0 Å². The maximum Gasteiger partial charge on any atom is 0.0278 e. The van der Waals surface area contributed by atoms with Gasteiger partial charge in [0.1, 0.15) is 0 Å². The first kappa shape index (κ1) is 43.6. The van der Waals surface area contributed by atoms with Gasteiger partial charge in [-0.05, 0) is 148 Å². The van der Waals surface area contributed by atoms with E-state index < -0.39 is 0 Å². The highest BCUT2D eigenvalue weighted by Gasteiger charge is 2.56. The fourth-order valence-corrected chi connectivity index (χ4v) is 11.7. The summed E-state index contributed by atoms with van der Waals surface area (Å²) < 4.78 is 0. The number of rotatable bonds is 11. The molecule has 0 heterocycles. The first-order valence-corrected chi connectivity index (χ1v) is 25.3. The van der Waals surface area contributed by atoms with Crippen molar-refractivity contribution in [2.75, 3.05) is 0 Å². The Labute approximate surface area is 418 Å². The van der Waals surface area contributed by atoms with Crippen molar-refractivity contribution in [3.8, 4) is 22.3 Å². The summed E-state index contributed by atoms with van der Waals surface area (Å²) in [7, 11) is 0. The number of thiol groups is 1. The smallest absolute Gasteiger partial charge is 0.0278 e. The predicted molar refractivity (Wildman–Crippen MR) is 303 cm³/mol. The van der Waals surface area contributed by atoms with Gasteiger partial charge < -0.3 is 0 Å². The Morgan fingerprint density at radius 1 is 0.557 bits per heavy atom. The maximum atomic E-state index is 5.23. The second-order valence-corrected chi connectivity index (χ2v) is 19.7. The quantitative estimate of drug-likeness (QED) is 0.0746. The summed E-state index contributed by atoms with van der Waals surface area (Å²) in [4.78, 5) is 1.05. The molecule has 0 radical (unpaired) electrons. The SMILES string of the molecule is S/C(=C\C=C\c1ccc2ccccc2c1)C1C=Cc2c(c(-c3ccc(/C=C(\C4=CCCC=C4)c4ccccc4)cc3)c3ccccc3c2-c2ccc(C3CC3(c3ccccc3)c3ccccc3)cc2)C1. The summed E-state index contributed by atoms with van der Waals surface area (Å²) in [6, 6.07) is 76.2. The fourth-order valence-electron chi connectivity index (χ4n) is 11.4. The van der Waals surface area contributed by atoms with Crippen LogP contribution < -0.4 is 0 Å². The Hall–Kier alpha value is -7.71. The summed E-state index contributed by atoms with van der Waals surface area (Å²) >= 11 is 5.23. The summed E-state index contributed by atoms with van der Waals surface area (Å²) in [5.41, 5.74) is 18.0. The van der Waals surface area contributed by atoms with E-state index in [0.717, 1.165) is 30.6 Å². The molecule has 0 spiro atoms. The molecule has 3 aliphatic carbocycles. The Morgan fingerprint density at radius 3 is 1.87 bits per heavy atom. The molecule has 0 nitrogen and oxygen atoms in total. The van der Waals surface area contributed by atoms with Gasteiger partial charge in [-0.25, -0.2) is 0 Å². The molecule has 3 aliphatic rings. The van der Waals surface area contributed by atoms with Gasteiger partial charge in [0.25, 0.3) is 0 Å². The van der Waals surface area contributed by atoms with Crippen molar-refractivity contribution in [1.29, 1.82) is 0 Å². The van der Waals surface area contributed by atoms with Gasteiger partial charge in [-0.1, -0.05) is 249 Å². The van der Waals surface area contributed by atoms with Crippen molar-refractivity contribution >= 4 is 58.0 Å². The molecule has 9 aromatic rings. The number of benzene rings is 9. The molecule has 1 fully saturated rings. The van der Waals surface area contributed by atoms with Crippen molar-refractivity contribution in [3.05, 3.63) is 298 Å². The minimum absolute atomic E-state index is 0.0172. The maximum absolute atomic E-state index is 5.23. The first-order valence-electron chi connectivity index (χ1n) is 24.9. The molecule has 2 atom stereocenters. The van der Waals surface area contributed by atoms with Crippen LogP contribution in [0.5, 0.6) is 0 Å². The zero-order valence-electron chi connectivity index (χ0n) is 39.3. The second kappa shape index (κ2) is 19.0. The van der Waals surface area contributed by atoms with Gasteiger partial charge in [0.2, 0.25) is 0 Å². The Balaban J connectivity index is 0.944. The number of allylic oxidation sites excluding steroid dienone is 9. The van der Waals surface area contributed by atoms with Crippen LogP contribution in [0.4, 0.5) is 0 Å². The molecule has 0 bridgehead atoms. The summed E-state index contributed by atoms with van der Waals surface area (Å²) in [5.74, 6) is 0.534. The topological polar surface area (TPSA) is 0 Å². The number of hydrogen-bond acceptors (Lipinski definition) is 1. The number of hydrogen-bond donors (Lipinski definition) is 1. The van der Waals surface area contributed by atoms with E-state index in [4.69, 9.17) is 12.6 Å². The summed E-state index contributed by atoms with van der Waals surface area (Å²) in [6.45, 7) is 0. The molecular formula is C69H54S. The molecule has 70 heavy (non-hydrogen) atoms. The molecule has 0 amide bonds. The lowest BCUT2D eigenvalue weighted by molar-refractivity contribution is 0.788. The molecule has 336 valence electrons. The highest BCUT2D eigenvalue weighted by atomic mass is 32.1. The lowest BCUT2D eigenvalue weighted by Gasteiger charge is -2.27. The normalized spacial score (nSPS) is 17.5. The lowest BCUT2D eigenvalue weighted by Crippen LogP contribution is -2.12. The van der Waals surface area contributed by atoms with Crippen LogP contribution in [0.3, 0.4) is 0 Å². The van der Waals surface area contributed by atoms with E-state index in [1.165, 1.54) is 99.5 Å². The van der Waals surface area contributed by atoms with Gasteiger partial charge in [0.15, 0.2) is 0 Å². The summed E-state index contributed by atoms with van der Waals surface area (Å²) in [5, 5.41) is 5.04. The highest BCUT2D eigenvalue weighted by Crippen LogP contribution is 2.64.